The van der Waals surface area contributed by atoms with E-state index in [0.29, 0.717) is 0 Å². The van der Waals surface area contributed by atoms with Gasteiger partial charge in [0.05, 0.1) is 13.2 Å². The summed E-state index contributed by atoms with van der Waals surface area (Å²) < 4.78 is 4.91. The van der Waals surface area contributed by atoms with Gasteiger partial charge in [-0.1, -0.05) is 0 Å². The van der Waals surface area contributed by atoms with Crippen molar-refractivity contribution in [2.75, 3.05) is 13.2 Å². The van der Waals surface area contributed by atoms with Crippen molar-refractivity contribution >= 4 is 5.78 Å². The van der Waals surface area contributed by atoms with E-state index in [1.807, 2.05) is 0 Å². The minimum absolute atomic E-state index is 0.792. The summed E-state index contributed by atoms with van der Waals surface area (Å²) in [6.45, 7) is -1.74. The number of carbonyl (C=O) groups is 1. The number of carbonyl (C=O) groups excluding carboxylic acids is 1. The molecule has 1 aliphatic heterocycles. The van der Waals surface area contributed by atoms with Crippen LogP contribution in [0.5, 0.6) is 0 Å². The Morgan fingerprint density at radius 2 is 1.48 bits per heavy atom. The molecule has 0 spiro atoms. The van der Waals surface area contributed by atoms with Crippen LogP contribution in [0.4, 0.5) is 0 Å². The van der Waals surface area contributed by atoms with E-state index >= 15 is 0 Å². The molecule has 0 aromatic rings. The van der Waals surface area contributed by atoms with Crippen molar-refractivity contribution in [3.63, 3.8) is 0 Å². The van der Waals surface area contributed by atoms with E-state index in [0.717, 1.165) is 0 Å². The predicted octanol–water partition coefficient (Wildman–Crippen LogP) is -6.17. The smallest absolute Gasteiger partial charge is 0.195 e. The molecule has 9 N–H and O–H groups in total. The minimum Gasteiger partial charge on any atom is -0.394 e. The SMILES string of the molecule is O=C(C(O)C(O)C(O)C(O)CO)C1O[C@H](CO)[C@H](O)[C@H](O)[C@H]1O. The average Bonchev–Trinajstić information content (AvgIpc) is 2.56. The van der Waals surface area contributed by atoms with E-state index in [1.165, 1.54) is 0 Å². The van der Waals surface area contributed by atoms with Gasteiger partial charge in [-0.15, -0.1) is 0 Å². The molecule has 11 nitrogen and oxygen atoms in total. The van der Waals surface area contributed by atoms with Gasteiger partial charge in [0.25, 0.3) is 0 Å². The van der Waals surface area contributed by atoms with Crippen LogP contribution in [0.25, 0.3) is 0 Å². The second-order valence-corrected chi connectivity index (χ2v) is 5.33. The second-order valence-electron chi connectivity index (χ2n) is 5.33. The maximum Gasteiger partial charge on any atom is 0.195 e. The highest BCUT2D eigenvalue weighted by atomic mass is 16.5. The maximum absolute atomic E-state index is 12.1. The van der Waals surface area contributed by atoms with Crippen LogP contribution in [0.2, 0.25) is 0 Å². The number of rotatable bonds is 7. The highest BCUT2D eigenvalue weighted by molar-refractivity contribution is 5.88. The highest BCUT2D eigenvalue weighted by Gasteiger charge is 2.49. The average molecular weight is 342 g/mol. The number of aliphatic hydroxyl groups is 9. The molecule has 1 aliphatic rings. The Hall–Kier alpha value is -0.730. The summed E-state index contributed by atoms with van der Waals surface area (Å²) in [5.74, 6) is -1.35. The molecule has 0 aromatic heterocycles. The van der Waals surface area contributed by atoms with Gasteiger partial charge >= 0.3 is 0 Å². The van der Waals surface area contributed by atoms with Crippen LogP contribution in [0.1, 0.15) is 0 Å². The Morgan fingerprint density at radius 1 is 0.913 bits per heavy atom. The largest absolute Gasteiger partial charge is 0.394 e. The first-order valence-electron chi connectivity index (χ1n) is 6.84. The summed E-state index contributed by atoms with van der Waals surface area (Å²) in [5, 5.41) is 84.5. The van der Waals surface area contributed by atoms with E-state index in [-0.39, 0.29) is 0 Å². The molecule has 0 saturated carbocycles. The molecule has 23 heavy (non-hydrogen) atoms. The Morgan fingerprint density at radius 3 is 1.96 bits per heavy atom. The molecular formula is C12H22O11. The minimum atomic E-state index is -2.33. The maximum atomic E-state index is 12.1. The van der Waals surface area contributed by atoms with Crippen LogP contribution in [-0.4, -0.2) is 120 Å². The lowest BCUT2D eigenvalue weighted by atomic mass is 9.89. The molecule has 11 heteroatoms. The molecule has 5 unspecified atom stereocenters. The zero-order valence-electron chi connectivity index (χ0n) is 12.0. The van der Waals surface area contributed by atoms with Crippen LogP contribution in [0.15, 0.2) is 0 Å². The van der Waals surface area contributed by atoms with Crippen molar-refractivity contribution in [1.82, 2.24) is 0 Å². The number of ketones is 1. The fourth-order valence-corrected chi connectivity index (χ4v) is 2.20. The third-order valence-corrected chi connectivity index (χ3v) is 3.72. The Balaban J connectivity index is 2.85. The number of ether oxygens (including phenoxy) is 1. The monoisotopic (exact) mass is 342 g/mol. The van der Waals surface area contributed by atoms with Crippen molar-refractivity contribution < 1.29 is 55.5 Å². The number of hydrogen-bond acceptors (Lipinski definition) is 11. The van der Waals surface area contributed by atoms with Gasteiger partial charge in [-0.25, -0.2) is 0 Å². The molecule has 1 heterocycles. The van der Waals surface area contributed by atoms with Crippen LogP contribution in [0.3, 0.4) is 0 Å². The Labute approximate surface area is 130 Å². The molecule has 1 rings (SSSR count). The van der Waals surface area contributed by atoms with Gasteiger partial charge in [-0.3, -0.25) is 4.79 Å². The standard InChI is InChI=1S/C12H22O11/c13-1-3(15)5(16)7(18)9(20)11(22)12-10(21)8(19)6(17)4(2-14)23-12/h3-10,12-21H,1-2H2/t3?,4-,5?,6+,7?,8+,9?,10-,12?/m1/s1. The molecule has 0 radical (unpaired) electrons. The molecule has 1 saturated heterocycles. The Bertz CT molecular complexity index is 389. The van der Waals surface area contributed by atoms with Crippen molar-refractivity contribution in [1.29, 1.82) is 0 Å². The second kappa shape index (κ2) is 8.39. The molecule has 9 atom stereocenters. The van der Waals surface area contributed by atoms with Gasteiger partial charge in [0.2, 0.25) is 0 Å². The van der Waals surface area contributed by atoms with Crippen molar-refractivity contribution in [3.05, 3.63) is 0 Å². The van der Waals surface area contributed by atoms with Crippen molar-refractivity contribution in [3.8, 4) is 0 Å². The van der Waals surface area contributed by atoms with E-state index in [2.05, 4.69) is 0 Å². The van der Waals surface area contributed by atoms with Crippen molar-refractivity contribution in [2.24, 2.45) is 0 Å². The summed E-state index contributed by atoms with van der Waals surface area (Å²) in [5.41, 5.74) is 0. The topological polar surface area (TPSA) is 208 Å². The quantitative estimate of drug-likeness (QED) is 0.212. The van der Waals surface area contributed by atoms with Crippen LogP contribution < -0.4 is 0 Å². The first-order chi connectivity index (χ1) is 10.7. The number of Topliss-reactive ketones (excluding diaryl/α,β-unsaturated/α-hetero) is 1. The number of aliphatic hydroxyl groups excluding tert-OH is 9. The van der Waals surface area contributed by atoms with E-state index in [4.69, 9.17) is 14.9 Å². The zero-order chi connectivity index (χ0) is 17.9. The zero-order valence-corrected chi connectivity index (χ0v) is 12.0. The van der Waals surface area contributed by atoms with Gasteiger partial charge in [-0.2, -0.15) is 0 Å². The molecular weight excluding hydrogens is 320 g/mol. The summed E-state index contributed by atoms with van der Waals surface area (Å²) in [7, 11) is 0. The third-order valence-electron chi connectivity index (χ3n) is 3.72. The lowest BCUT2D eigenvalue weighted by Crippen LogP contribution is -2.63. The predicted molar refractivity (Wildman–Crippen MR) is 69.9 cm³/mol. The van der Waals surface area contributed by atoms with Crippen LogP contribution in [0, 0.1) is 0 Å². The lowest BCUT2D eigenvalue weighted by Gasteiger charge is -2.40. The normalized spacial score (nSPS) is 37.0. The van der Waals surface area contributed by atoms with E-state index < -0.39 is 73.9 Å². The first-order valence-corrected chi connectivity index (χ1v) is 6.84. The molecule has 0 aromatic carbocycles. The van der Waals surface area contributed by atoms with Gasteiger partial charge in [-0.05, 0) is 0 Å². The fourth-order valence-electron chi connectivity index (χ4n) is 2.20. The Kier molecular flexibility index (Phi) is 7.41. The summed E-state index contributed by atoms with van der Waals surface area (Å²) in [6.07, 6.45) is -17.2. The third kappa shape index (κ3) is 4.22. The lowest BCUT2D eigenvalue weighted by molar-refractivity contribution is -0.231. The molecule has 0 amide bonds. The molecule has 0 aliphatic carbocycles. The molecule has 136 valence electrons. The number of hydrogen-bond donors (Lipinski definition) is 9. The summed E-state index contributed by atoms with van der Waals surface area (Å²) in [6, 6.07) is 0. The van der Waals surface area contributed by atoms with Crippen LogP contribution in [-0.2, 0) is 9.53 Å². The molecule has 1 fully saturated rings. The fraction of sp³-hybridized carbons (Fsp3) is 0.917. The summed E-state index contributed by atoms with van der Waals surface area (Å²) in [4.78, 5) is 12.1. The molecule has 0 bridgehead atoms. The van der Waals surface area contributed by atoms with E-state index in [9.17, 15) is 40.5 Å². The van der Waals surface area contributed by atoms with E-state index in [1.54, 1.807) is 0 Å². The van der Waals surface area contributed by atoms with Gasteiger partial charge < -0.3 is 50.7 Å². The van der Waals surface area contributed by atoms with Crippen molar-refractivity contribution in [2.45, 2.75) is 54.9 Å². The van der Waals surface area contributed by atoms with Gasteiger partial charge in [0, 0.05) is 0 Å². The summed E-state index contributed by atoms with van der Waals surface area (Å²) >= 11 is 0. The highest BCUT2D eigenvalue weighted by Crippen LogP contribution is 2.23. The van der Waals surface area contributed by atoms with Gasteiger partial charge in [0.15, 0.2) is 5.78 Å². The van der Waals surface area contributed by atoms with Gasteiger partial charge in [0.1, 0.15) is 54.9 Å². The first kappa shape index (κ1) is 20.3. The van der Waals surface area contributed by atoms with Crippen LogP contribution >= 0.6 is 0 Å².